The summed E-state index contributed by atoms with van der Waals surface area (Å²) in [5, 5.41) is 5.76. The molecule has 1 aliphatic carbocycles. The van der Waals surface area contributed by atoms with Crippen LogP contribution in [0.5, 0.6) is 0 Å². The second-order valence-electron chi connectivity index (χ2n) is 5.67. The van der Waals surface area contributed by atoms with E-state index in [1.165, 1.54) is 11.1 Å². The molecule has 1 aromatic heterocycles. The molecule has 118 valence electrons. The molecule has 1 heterocycles. The molecule has 1 amide bonds. The molecular formula is C19H14ClN3O. The highest BCUT2D eigenvalue weighted by Crippen LogP contribution is 2.20. The Hall–Kier alpha value is -2.85. The lowest BCUT2D eigenvalue weighted by molar-refractivity contribution is 0.0950. The summed E-state index contributed by atoms with van der Waals surface area (Å²) in [6.45, 7) is 0. The molecule has 24 heavy (non-hydrogen) atoms. The largest absolute Gasteiger partial charge is 0.350 e. The number of carbonyl (C=O) groups excluding carboxylic acids is 1. The molecule has 0 saturated carbocycles. The molecule has 0 radical (unpaired) electrons. The first-order chi connectivity index (χ1) is 11.7. The third-order valence-electron chi connectivity index (χ3n) is 4.01. The topological polar surface area (TPSA) is 57.2 Å². The van der Waals surface area contributed by atoms with E-state index in [9.17, 15) is 4.79 Å². The molecule has 0 bridgehead atoms. The smallest absolute Gasteiger partial charge is 0.287 e. The fourth-order valence-electron chi connectivity index (χ4n) is 2.78. The summed E-state index contributed by atoms with van der Waals surface area (Å²) in [4.78, 5) is 15.3. The highest BCUT2D eigenvalue weighted by atomic mass is 35.5. The number of hydrogen-bond acceptors (Lipinski definition) is 2. The number of nitrogens with one attached hydrogen (secondary N) is 2. The third kappa shape index (κ3) is 2.84. The van der Waals surface area contributed by atoms with Crippen LogP contribution in [0, 0.1) is 0 Å². The molecule has 0 atom stereocenters. The molecule has 0 unspecified atom stereocenters. The van der Waals surface area contributed by atoms with Gasteiger partial charge in [0.25, 0.3) is 5.91 Å². The SMILES string of the molecule is O=C(NN=C1C=Cc2ccccc2C1)c1cc2cc(Cl)ccc2[nH]1. The molecule has 4 rings (SSSR count). The van der Waals surface area contributed by atoms with E-state index in [1.54, 1.807) is 12.1 Å². The van der Waals surface area contributed by atoms with E-state index in [0.717, 1.165) is 16.6 Å². The third-order valence-corrected chi connectivity index (χ3v) is 4.25. The number of hydrazone groups is 1. The highest BCUT2D eigenvalue weighted by Gasteiger charge is 2.11. The van der Waals surface area contributed by atoms with Crippen LogP contribution < -0.4 is 5.43 Å². The first-order valence-electron chi connectivity index (χ1n) is 7.60. The number of carbonyl (C=O) groups is 1. The van der Waals surface area contributed by atoms with Crippen LogP contribution in [-0.2, 0) is 6.42 Å². The number of amides is 1. The zero-order valence-corrected chi connectivity index (χ0v) is 13.5. The average Bonchev–Trinajstić information content (AvgIpc) is 3.02. The van der Waals surface area contributed by atoms with Gasteiger partial charge in [-0.05, 0) is 41.5 Å². The Morgan fingerprint density at radius 2 is 2.00 bits per heavy atom. The van der Waals surface area contributed by atoms with Crippen LogP contribution >= 0.6 is 11.6 Å². The summed E-state index contributed by atoms with van der Waals surface area (Å²) in [6.07, 6.45) is 4.64. The van der Waals surface area contributed by atoms with Gasteiger partial charge in [0.15, 0.2) is 0 Å². The molecule has 2 aromatic carbocycles. The molecule has 2 N–H and O–H groups in total. The number of halogens is 1. The lowest BCUT2D eigenvalue weighted by Crippen LogP contribution is -2.21. The molecule has 3 aromatic rings. The second kappa shape index (κ2) is 5.98. The molecule has 0 aliphatic heterocycles. The molecule has 0 spiro atoms. The minimum absolute atomic E-state index is 0.276. The van der Waals surface area contributed by atoms with Crippen molar-refractivity contribution in [2.45, 2.75) is 6.42 Å². The minimum Gasteiger partial charge on any atom is -0.350 e. The maximum Gasteiger partial charge on any atom is 0.287 e. The van der Waals surface area contributed by atoms with Crippen LogP contribution in [0.4, 0.5) is 0 Å². The van der Waals surface area contributed by atoms with Crippen molar-refractivity contribution in [1.82, 2.24) is 10.4 Å². The summed E-state index contributed by atoms with van der Waals surface area (Å²) in [6, 6.07) is 15.4. The fraction of sp³-hybridized carbons (Fsp3) is 0.0526. The van der Waals surface area contributed by atoms with Crippen LogP contribution in [0.25, 0.3) is 17.0 Å². The van der Waals surface area contributed by atoms with E-state index in [1.807, 2.05) is 36.4 Å². The summed E-state index contributed by atoms with van der Waals surface area (Å²) in [5.74, 6) is -0.276. The van der Waals surface area contributed by atoms with Crippen molar-refractivity contribution in [1.29, 1.82) is 0 Å². The average molecular weight is 336 g/mol. The van der Waals surface area contributed by atoms with Gasteiger partial charge >= 0.3 is 0 Å². The zero-order valence-electron chi connectivity index (χ0n) is 12.7. The summed E-state index contributed by atoms with van der Waals surface area (Å²) < 4.78 is 0. The van der Waals surface area contributed by atoms with Gasteiger partial charge in [0.05, 0.1) is 5.71 Å². The highest BCUT2D eigenvalue weighted by molar-refractivity contribution is 6.31. The van der Waals surface area contributed by atoms with Crippen molar-refractivity contribution in [3.63, 3.8) is 0 Å². The van der Waals surface area contributed by atoms with E-state index in [2.05, 4.69) is 27.6 Å². The number of hydrogen-bond donors (Lipinski definition) is 2. The van der Waals surface area contributed by atoms with E-state index in [-0.39, 0.29) is 5.91 Å². The zero-order chi connectivity index (χ0) is 16.5. The standard InChI is InChI=1S/C19H14ClN3O/c20-15-6-8-17-14(9-15)11-18(21-17)19(24)23-22-16-7-5-12-3-1-2-4-13(12)10-16/h1-9,11,21H,10H2,(H,23,24). The molecule has 0 fully saturated rings. The quantitative estimate of drug-likeness (QED) is 0.678. The van der Waals surface area contributed by atoms with Gasteiger partial charge in [-0.1, -0.05) is 41.9 Å². The van der Waals surface area contributed by atoms with Gasteiger partial charge in [-0.15, -0.1) is 0 Å². The second-order valence-corrected chi connectivity index (χ2v) is 6.10. The Morgan fingerprint density at radius 3 is 2.92 bits per heavy atom. The van der Waals surface area contributed by atoms with Gasteiger partial charge in [-0.25, -0.2) is 5.43 Å². The maximum atomic E-state index is 12.3. The Bertz CT molecular complexity index is 1000. The Balaban J connectivity index is 1.52. The first kappa shape index (κ1) is 14.7. The Labute approximate surface area is 143 Å². The van der Waals surface area contributed by atoms with E-state index in [0.29, 0.717) is 17.1 Å². The van der Waals surface area contributed by atoms with Crippen molar-refractivity contribution in [3.05, 3.63) is 76.5 Å². The normalized spacial score (nSPS) is 14.8. The number of rotatable bonds is 2. The van der Waals surface area contributed by atoms with E-state index >= 15 is 0 Å². The van der Waals surface area contributed by atoms with E-state index < -0.39 is 0 Å². The Morgan fingerprint density at radius 1 is 1.12 bits per heavy atom. The predicted octanol–water partition coefficient (Wildman–Crippen LogP) is 4.18. The van der Waals surface area contributed by atoms with Crippen molar-refractivity contribution in [2.75, 3.05) is 0 Å². The van der Waals surface area contributed by atoms with Crippen LogP contribution in [0.3, 0.4) is 0 Å². The maximum absolute atomic E-state index is 12.3. The van der Waals surface area contributed by atoms with E-state index in [4.69, 9.17) is 11.6 Å². The monoisotopic (exact) mass is 335 g/mol. The number of nitrogens with zero attached hydrogens (tertiary/aromatic N) is 1. The molecule has 0 saturated heterocycles. The van der Waals surface area contributed by atoms with Crippen molar-refractivity contribution in [2.24, 2.45) is 5.10 Å². The van der Waals surface area contributed by atoms with Gasteiger partial charge in [-0.2, -0.15) is 5.10 Å². The van der Waals surface area contributed by atoms with Crippen LogP contribution in [0.15, 0.2) is 59.7 Å². The number of allylic oxidation sites excluding steroid dienone is 1. The molecule has 4 nitrogen and oxygen atoms in total. The van der Waals surface area contributed by atoms with Crippen LogP contribution in [0.2, 0.25) is 5.02 Å². The number of fused-ring (bicyclic) bond motifs is 2. The number of aromatic amines is 1. The summed E-state index contributed by atoms with van der Waals surface area (Å²) in [5.41, 5.74) is 7.14. The molecular weight excluding hydrogens is 322 g/mol. The van der Waals surface area contributed by atoms with Crippen LogP contribution in [-0.4, -0.2) is 16.6 Å². The number of H-pyrrole nitrogens is 1. The fourth-order valence-corrected chi connectivity index (χ4v) is 2.96. The number of aromatic nitrogens is 1. The van der Waals surface area contributed by atoms with Gasteiger partial charge < -0.3 is 4.98 Å². The summed E-state index contributed by atoms with van der Waals surface area (Å²) in [7, 11) is 0. The van der Waals surface area contributed by atoms with Gasteiger partial charge in [-0.3, -0.25) is 4.79 Å². The van der Waals surface area contributed by atoms with Gasteiger partial charge in [0.2, 0.25) is 0 Å². The van der Waals surface area contributed by atoms with Crippen molar-refractivity contribution in [3.8, 4) is 0 Å². The van der Waals surface area contributed by atoms with Gasteiger partial charge in [0.1, 0.15) is 5.69 Å². The molecule has 5 heteroatoms. The lowest BCUT2D eigenvalue weighted by Gasteiger charge is -2.11. The predicted molar refractivity (Wildman–Crippen MR) is 97.4 cm³/mol. The Kier molecular flexibility index (Phi) is 3.67. The summed E-state index contributed by atoms with van der Waals surface area (Å²) >= 11 is 5.97. The lowest BCUT2D eigenvalue weighted by atomic mass is 9.96. The van der Waals surface area contributed by atoms with Gasteiger partial charge in [0, 0.05) is 22.3 Å². The first-order valence-corrected chi connectivity index (χ1v) is 7.98. The van der Waals surface area contributed by atoms with Crippen molar-refractivity contribution >= 4 is 40.2 Å². The van der Waals surface area contributed by atoms with Crippen molar-refractivity contribution < 1.29 is 4.79 Å². The molecule has 1 aliphatic rings. The number of benzene rings is 2. The minimum atomic E-state index is -0.276. The van der Waals surface area contributed by atoms with Crippen LogP contribution in [0.1, 0.15) is 21.6 Å².